The largest absolute Gasteiger partial charge is 0.493 e. The van der Waals surface area contributed by atoms with Crippen LogP contribution >= 0.6 is 11.5 Å². The van der Waals surface area contributed by atoms with Crippen LogP contribution in [0.5, 0.6) is 5.75 Å². The van der Waals surface area contributed by atoms with E-state index in [1.165, 1.54) is 17.1 Å². The minimum absolute atomic E-state index is 0.340. The molecule has 3 rings (SSSR count). The molecule has 0 unspecified atom stereocenters. The van der Waals surface area contributed by atoms with Gasteiger partial charge in [-0.15, -0.1) is 0 Å². The molecular formula is C10H9N3OS. The van der Waals surface area contributed by atoms with Gasteiger partial charge in [-0.05, 0) is 35.3 Å². The van der Waals surface area contributed by atoms with Crippen molar-refractivity contribution in [1.29, 1.82) is 0 Å². The number of rotatable bonds is 1. The smallest absolute Gasteiger partial charge is 0.232 e. The number of benzene rings is 1. The molecule has 0 fully saturated rings. The first-order valence-electron chi connectivity index (χ1n) is 4.68. The van der Waals surface area contributed by atoms with Crippen molar-refractivity contribution in [2.45, 2.75) is 6.42 Å². The van der Waals surface area contributed by atoms with Gasteiger partial charge >= 0.3 is 0 Å². The maximum Gasteiger partial charge on any atom is 0.232 e. The monoisotopic (exact) mass is 219 g/mol. The van der Waals surface area contributed by atoms with Gasteiger partial charge in [0.15, 0.2) is 0 Å². The molecule has 0 amide bonds. The van der Waals surface area contributed by atoms with Crippen molar-refractivity contribution in [3.8, 4) is 16.3 Å². The van der Waals surface area contributed by atoms with E-state index in [1.54, 1.807) is 0 Å². The highest BCUT2D eigenvalue weighted by molar-refractivity contribution is 7.09. The van der Waals surface area contributed by atoms with E-state index in [4.69, 9.17) is 10.5 Å². The van der Waals surface area contributed by atoms with Gasteiger partial charge in [0, 0.05) is 12.0 Å². The second-order valence-electron chi connectivity index (χ2n) is 3.38. The standard InChI is InChI=1S/C10H9N3OS/c11-10-12-9(15-13-10)7-1-2-8-6(5-7)3-4-14-8/h1-2,5H,3-4H2,(H2,11,13). The van der Waals surface area contributed by atoms with Crippen LogP contribution in [0.1, 0.15) is 5.56 Å². The lowest BCUT2D eigenvalue weighted by atomic mass is 10.1. The fourth-order valence-electron chi connectivity index (χ4n) is 1.67. The SMILES string of the molecule is Nc1nsc(-c2ccc3c(c2)CCO3)n1. The van der Waals surface area contributed by atoms with E-state index in [-0.39, 0.29) is 0 Å². The molecule has 1 aromatic carbocycles. The van der Waals surface area contributed by atoms with Gasteiger partial charge in [-0.25, -0.2) is 0 Å². The van der Waals surface area contributed by atoms with Crippen LogP contribution in [0, 0.1) is 0 Å². The van der Waals surface area contributed by atoms with E-state index in [1.807, 2.05) is 12.1 Å². The predicted molar refractivity (Wildman–Crippen MR) is 59.0 cm³/mol. The summed E-state index contributed by atoms with van der Waals surface area (Å²) in [7, 11) is 0. The lowest BCUT2D eigenvalue weighted by Crippen LogP contribution is -1.86. The first-order valence-corrected chi connectivity index (χ1v) is 5.45. The molecule has 2 aromatic rings. The highest BCUT2D eigenvalue weighted by atomic mass is 32.1. The molecule has 0 saturated heterocycles. The first-order chi connectivity index (χ1) is 7.33. The Balaban J connectivity index is 2.06. The molecule has 0 spiro atoms. The average molecular weight is 219 g/mol. The Morgan fingerprint density at radius 1 is 1.40 bits per heavy atom. The Kier molecular flexibility index (Phi) is 1.85. The molecule has 4 nitrogen and oxygen atoms in total. The number of nitrogen functional groups attached to an aromatic ring is 1. The summed E-state index contributed by atoms with van der Waals surface area (Å²) < 4.78 is 9.40. The summed E-state index contributed by atoms with van der Waals surface area (Å²) in [4.78, 5) is 4.15. The minimum atomic E-state index is 0.340. The normalized spacial score (nSPS) is 13.6. The van der Waals surface area contributed by atoms with Gasteiger partial charge in [-0.1, -0.05) is 0 Å². The van der Waals surface area contributed by atoms with Crippen LogP contribution in [0.15, 0.2) is 18.2 Å². The van der Waals surface area contributed by atoms with E-state index in [0.29, 0.717) is 5.95 Å². The van der Waals surface area contributed by atoms with Crippen molar-refractivity contribution in [1.82, 2.24) is 9.36 Å². The molecule has 5 heteroatoms. The molecule has 1 aliphatic rings. The van der Waals surface area contributed by atoms with Crippen molar-refractivity contribution >= 4 is 17.5 Å². The molecule has 2 N–H and O–H groups in total. The lowest BCUT2D eigenvalue weighted by Gasteiger charge is -2.00. The van der Waals surface area contributed by atoms with Crippen LogP contribution in [0.2, 0.25) is 0 Å². The Morgan fingerprint density at radius 3 is 3.13 bits per heavy atom. The van der Waals surface area contributed by atoms with Crippen molar-refractivity contribution in [2.75, 3.05) is 12.3 Å². The zero-order valence-corrected chi connectivity index (χ0v) is 8.75. The maximum absolute atomic E-state index is 5.49. The zero-order valence-electron chi connectivity index (χ0n) is 7.93. The summed E-state index contributed by atoms with van der Waals surface area (Å²) in [5, 5.41) is 0.863. The number of nitrogens with zero attached hydrogens (tertiary/aromatic N) is 2. The second-order valence-corrected chi connectivity index (χ2v) is 4.13. The van der Waals surface area contributed by atoms with Gasteiger partial charge in [0.1, 0.15) is 10.8 Å². The number of anilines is 1. The van der Waals surface area contributed by atoms with Crippen molar-refractivity contribution in [3.05, 3.63) is 23.8 Å². The molecule has 2 heterocycles. The van der Waals surface area contributed by atoms with E-state index in [9.17, 15) is 0 Å². The molecule has 1 aliphatic heterocycles. The van der Waals surface area contributed by atoms with Crippen LogP contribution in [0.4, 0.5) is 5.95 Å². The van der Waals surface area contributed by atoms with Crippen LogP contribution < -0.4 is 10.5 Å². The summed E-state index contributed by atoms with van der Waals surface area (Å²) in [5.41, 5.74) is 7.79. The van der Waals surface area contributed by atoms with E-state index < -0.39 is 0 Å². The highest BCUT2D eigenvalue weighted by Crippen LogP contribution is 2.31. The van der Waals surface area contributed by atoms with E-state index >= 15 is 0 Å². The Hall–Kier alpha value is -1.62. The number of aromatic nitrogens is 2. The summed E-state index contributed by atoms with van der Waals surface area (Å²) in [6, 6.07) is 6.07. The Labute approximate surface area is 90.9 Å². The van der Waals surface area contributed by atoms with Crippen LogP contribution in [-0.2, 0) is 6.42 Å². The predicted octanol–water partition coefficient (Wildman–Crippen LogP) is 1.72. The molecule has 0 aliphatic carbocycles. The number of nitrogens with two attached hydrogens (primary N) is 1. The third kappa shape index (κ3) is 1.45. The average Bonchev–Trinajstić information content (AvgIpc) is 2.84. The maximum atomic E-state index is 5.49. The Bertz CT molecular complexity index is 509. The quantitative estimate of drug-likeness (QED) is 0.793. The number of fused-ring (bicyclic) bond motifs is 1. The second kappa shape index (κ2) is 3.20. The molecule has 1 aromatic heterocycles. The molecule has 76 valence electrons. The summed E-state index contributed by atoms with van der Waals surface area (Å²) in [6.45, 7) is 0.775. The summed E-state index contributed by atoms with van der Waals surface area (Å²) >= 11 is 1.32. The van der Waals surface area contributed by atoms with E-state index in [2.05, 4.69) is 15.4 Å². The molecule has 0 bridgehead atoms. The van der Waals surface area contributed by atoms with E-state index in [0.717, 1.165) is 29.3 Å². The van der Waals surface area contributed by atoms with Gasteiger partial charge in [0.2, 0.25) is 5.95 Å². The van der Waals surface area contributed by atoms with Gasteiger partial charge in [0.25, 0.3) is 0 Å². The van der Waals surface area contributed by atoms with Crippen molar-refractivity contribution in [2.24, 2.45) is 0 Å². The fourth-order valence-corrected chi connectivity index (χ4v) is 2.26. The fraction of sp³-hybridized carbons (Fsp3) is 0.200. The van der Waals surface area contributed by atoms with Gasteiger partial charge in [-0.3, -0.25) is 0 Å². The number of hydrogen-bond donors (Lipinski definition) is 1. The summed E-state index contributed by atoms with van der Waals surface area (Å²) in [5.74, 6) is 1.32. The molecule has 15 heavy (non-hydrogen) atoms. The highest BCUT2D eigenvalue weighted by Gasteiger charge is 2.13. The molecule has 0 radical (unpaired) electrons. The Morgan fingerprint density at radius 2 is 2.33 bits per heavy atom. The van der Waals surface area contributed by atoms with Crippen LogP contribution in [0.25, 0.3) is 10.6 Å². The van der Waals surface area contributed by atoms with Crippen LogP contribution in [0.3, 0.4) is 0 Å². The van der Waals surface area contributed by atoms with Gasteiger partial charge < -0.3 is 10.5 Å². The lowest BCUT2D eigenvalue weighted by molar-refractivity contribution is 0.357. The molecule has 0 atom stereocenters. The summed E-state index contributed by atoms with van der Waals surface area (Å²) in [6.07, 6.45) is 0.970. The molecular weight excluding hydrogens is 210 g/mol. The van der Waals surface area contributed by atoms with Crippen LogP contribution in [-0.4, -0.2) is 16.0 Å². The number of ether oxygens (including phenoxy) is 1. The first kappa shape index (κ1) is 8.67. The third-order valence-corrected chi connectivity index (χ3v) is 3.16. The van der Waals surface area contributed by atoms with Crippen molar-refractivity contribution < 1.29 is 4.74 Å². The van der Waals surface area contributed by atoms with Crippen molar-refractivity contribution in [3.63, 3.8) is 0 Å². The number of hydrogen-bond acceptors (Lipinski definition) is 5. The molecule has 0 saturated carbocycles. The van der Waals surface area contributed by atoms with Gasteiger partial charge in [-0.2, -0.15) is 9.36 Å². The van der Waals surface area contributed by atoms with Gasteiger partial charge in [0.05, 0.1) is 6.61 Å². The zero-order chi connectivity index (χ0) is 10.3. The minimum Gasteiger partial charge on any atom is -0.493 e. The third-order valence-electron chi connectivity index (χ3n) is 2.38. The topological polar surface area (TPSA) is 61.0 Å².